The smallest absolute Gasteiger partial charge is 0.244 e. The molecule has 6 rings (SSSR count). The van der Waals surface area contributed by atoms with Crippen molar-refractivity contribution in [3.63, 3.8) is 0 Å². The van der Waals surface area contributed by atoms with Crippen LogP contribution in [0.15, 0.2) is 115 Å². The first kappa shape index (κ1) is 33.6. The summed E-state index contributed by atoms with van der Waals surface area (Å²) in [5.74, 6) is 0.566. The summed E-state index contributed by atoms with van der Waals surface area (Å²) in [4.78, 5) is 29.4. The highest BCUT2D eigenvalue weighted by atomic mass is 32.2. The van der Waals surface area contributed by atoms with Crippen LogP contribution in [0.1, 0.15) is 36.1 Å². The number of thioether (sulfide) groups is 1. The molecule has 9 heteroatoms. The molecule has 2 aliphatic heterocycles. The van der Waals surface area contributed by atoms with Crippen molar-refractivity contribution in [3.05, 3.63) is 138 Å². The van der Waals surface area contributed by atoms with Crippen LogP contribution in [0.3, 0.4) is 0 Å². The number of carbonyl (C=O) groups excluding carboxylic acids is 2. The van der Waals surface area contributed by atoms with Gasteiger partial charge in [0.05, 0.1) is 25.2 Å². The van der Waals surface area contributed by atoms with E-state index in [0.717, 1.165) is 28.0 Å². The molecule has 0 radical (unpaired) electrons. The summed E-state index contributed by atoms with van der Waals surface area (Å²) in [5.41, 5.74) is 3.34. The molecule has 0 spiro atoms. The quantitative estimate of drug-likeness (QED) is 0.144. The van der Waals surface area contributed by atoms with Crippen LogP contribution in [0.25, 0.3) is 0 Å². The number of nitrogens with one attached hydrogen (secondary N) is 2. The lowest BCUT2D eigenvalue weighted by atomic mass is 9.76. The van der Waals surface area contributed by atoms with Crippen LogP contribution in [0.4, 0.5) is 0 Å². The third-order valence-corrected chi connectivity index (χ3v) is 9.88. The van der Waals surface area contributed by atoms with E-state index in [0.29, 0.717) is 6.54 Å². The fourth-order valence-electron chi connectivity index (χ4n) is 6.25. The third-order valence-electron chi connectivity index (χ3n) is 8.31. The van der Waals surface area contributed by atoms with E-state index in [9.17, 15) is 14.1 Å². The molecule has 46 heavy (non-hydrogen) atoms. The summed E-state index contributed by atoms with van der Waals surface area (Å²) >= 11 is 1.07. The zero-order chi connectivity index (χ0) is 32.9. The molecule has 4 aromatic rings. The average Bonchev–Trinajstić information content (AvgIpc) is 3.33. The molecule has 0 aliphatic carbocycles. The van der Waals surface area contributed by atoms with Crippen molar-refractivity contribution in [1.29, 1.82) is 0 Å². The van der Waals surface area contributed by atoms with Crippen LogP contribution < -0.4 is 15.4 Å². The Morgan fingerprint density at radius 1 is 0.870 bits per heavy atom. The minimum atomic E-state index is -0.768. The van der Waals surface area contributed by atoms with Crippen molar-refractivity contribution in [2.45, 2.75) is 48.1 Å². The van der Waals surface area contributed by atoms with Crippen molar-refractivity contribution < 1.29 is 18.9 Å². The van der Waals surface area contributed by atoms with Crippen LogP contribution in [0.5, 0.6) is 5.75 Å². The molecule has 240 valence electrons. The second-order valence-corrected chi connectivity index (χ2v) is 15.3. The molecule has 7 nitrogen and oxygen atoms in total. The number of fused-ring (bicyclic) bond motifs is 1. The molecule has 4 aromatic carbocycles. The maximum absolute atomic E-state index is 14.0. The normalized spacial score (nSPS) is 19.8. The summed E-state index contributed by atoms with van der Waals surface area (Å²) in [6, 6.07) is 37.4. The van der Waals surface area contributed by atoms with Gasteiger partial charge in [0.1, 0.15) is 23.2 Å². The fraction of sp³-hybridized carbons (Fsp3) is 0.297. The molecule has 2 N–H and O–H groups in total. The number of rotatable bonds is 9. The Morgan fingerprint density at radius 3 is 1.76 bits per heavy atom. The van der Waals surface area contributed by atoms with E-state index < -0.39 is 33.5 Å². The number of amides is 2. The zero-order valence-electron chi connectivity index (χ0n) is 26.8. The number of ether oxygens (including phenoxy) is 1. The van der Waals surface area contributed by atoms with Gasteiger partial charge in [0.15, 0.2) is 0 Å². The van der Waals surface area contributed by atoms with Gasteiger partial charge in [-0.05, 0) is 48.2 Å². The van der Waals surface area contributed by atoms with E-state index >= 15 is 0 Å². The van der Waals surface area contributed by atoms with Crippen LogP contribution in [-0.2, 0) is 32.8 Å². The van der Waals surface area contributed by atoms with Crippen molar-refractivity contribution in [1.82, 2.24) is 15.5 Å². The number of carbonyl (C=O) groups is 2. The molecule has 0 aromatic heterocycles. The minimum Gasteiger partial charge on any atom is -0.617 e. The Labute approximate surface area is 279 Å². The highest BCUT2D eigenvalue weighted by molar-refractivity contribution is 8.01. The van der Waals surface area contributed by atoms with Gasteiger partial charge in [-0.2, -0.15) is 0 Å². The number of methoxy groups -OCH3 is 1. The van der Waals surface area contributed by atoms with Gasteiger partial charge in [-0.1, -0.05) is 114 Å². The summed E-state index contributed by atoms with van der Waals surface area (Å²) < 4.78 is 14.3. The first-order valence-corrected chi connectivity index (χ1v) is 18.0. The minimum absolute atomic E-state index is 0.0603. The number of hydrogen-bond donors (Lipinski definition) is 2. The molecule has 2 heterocycles. The third kappa shape index (κ3) is 6.83. The lowest BCUT2D eigenvalue weighted by molar-refractivity contribution is -0.154. The van der Waals surface area contributed by atoms with E-state index in [2.05, 4.69) is 60.9 Å². The highest BCUT2D eigenvalue weighted by Gasteiger charge is 2.64. The highest BCUT2D eigenvalue weighted by Crippen LogP contribution is 2.52. The van der Waals surface area contributed by atoms with Crippen LogP contribution >= 0.6 is 11.8 Å². The van der Waals surface area contributed by atoms with Gasteiger partial charge in [0.25, 0.3) is 0 Å². The number of β-lactam (4-membered cyclic amide) rings is 1. The Morgan fingerprint density at radius 2 is 1.33 bits per heavy atom. The van der Waals surface area contributed by atoms with Gasteiger partial charge in [0, 0.05) is 11.3 Å². The molecule has 2 aliphatic rings. The summed E-state index contributed by atoms with van der Waals surface area (Å²) in [6.07, 6.45) is 3.28. The Balaban J connectivity index is 0.000000985. The Bertz CT molecular complexity index is 1500. The summed E-state index contributed by atoms with van der Waals surface area (Å²) in [6.45, 7) is 4.49. The topological polar surface area (TPSA) is 93.7 Å². The summed E-state index contributed by atoms with van der Waals surface area (Å²) in [7, 11) is 1.63. The first-order chi connectivity index (χ1) is 22.1. The predicted octanol–water partition coefficient (Wildman–Crippen LogP) is 5.32. The first-order valence-electron chi connectivity index (χ1n) is 15.2. The van der Waals surface area contributed by atoms with E-state index in [4.69, 9.17) is 4.74 Å². The van der Waals surface area contributed by atoms with Gasteiger partial charge in [-0.25, -0.2) is 0 Å². The Hall–Kier alpha value is -3.76. The van der Waals surface area contributed by atoms with Crippen molar-refractivity contribution in [3.8, 4) is 5.75 Å². The van der Waals surface area contributed by atoms with Gasteiger partial charge in [0.2, 0.25) is 11.8 Å². The fourth-order valence-corrected chi connectivity index (χ4v) is 7.88. The van der Waals surface area contributed by atoms with Crippen molar-refractivity contribution in [2.24, 2.45) is 0 Å². The van der Waals surface area contributed by atoms with Crippen LogP contribution in [-0.4, -0.2) is 63.1 Å². The Kier molecular flexibility index (Phi) is 10.5. The molecule has 2 amide bonds. The van der Waals surface area contributed by atoms with Crippen LogP contribution in [0, 0.1) is 0 Å². The van der Waals surface area contributed by atoms with Crippen molar-refractivity contribution >= 4 is 34.8 Å². The molecular formula is C37H41N3O4S2. The predicted molar refractivity (Wildman–Crippen MR) is 187 cm³/mol. The number of nitrogens with zero attached hydrogens (tertiary/aromatic N) is 1. The molecule has 2 saturated heterocycles. The molecule has 0 saturated carbocycles. The molecule has 2 unspecified atom stereocenters. The van der Waals surface area contributed by atoms with Gasteiger partial charge < -0.3 is 19.5 Å². The molecular weight excluding hydrogens is 615 g/mol. The molecule has 3 atom stereocenters. The van der Waals surface area contributed by atoms with Crippen LogP contribution in [0.2, 0.25) is 0 Å². The second-order valence-electron chi connectivity index (χ2n) is 12.0. The summed E-state index contributed by atoms with van der Waals surface area (Å²) in [5, 5.41) is 6.74. The maximum Gasteiger partial charge on any atom is 0.244 e. The van der Waals surface area contributed by atoms with Gasteiger partial charge >= 0.3 is 0 Å². The van der Waals surface area contributed by atoms with Gasteiger partial charge in [-0.15, -0.1) is 11.8 Å². The zero-order valence-corrected chi connectivity index (χ0v) is 28.4. The average molecular weight is 656 g/mol. The number of benzene rings is 4. The second kappa shape index (κ2) is 14.3. The monoisotopic (exact) mass is 655 g/mol. The SMILES string of the molecule is COc1ccc(CNC(=O)C2N3C(=O)C(NC(c4ccccc4)(c4ccccc4)c4ccccc4)[C@H]3SC2(C)C)cc1.C[S+](C)[O-]. The molecule has 2 fully saturated rings. The van der Waals surface area contributed by atoms with E-state index in [-0.39, 0.29) is 17.2 Å². The number of hydrogen-bond acceptors (Lipinski definition) is 6. The molecule has 0 bridgehead atoms. The van der Waals surface area contributed by atoms with Gasteiger partial charge in [-0.3, -0.25) is 14.9 Å². The lowest BCUT2D eigenvalue weighted by Crippen LogP contribution is -2.73. The van der Waals surface area contributed by atoms with E-state index in [1.54, 1.807) is 36.3 Å². The largest absolute Gasteiger partial charge is 0.617 e. The van der Waals surface area contributed by atoms with E-state index in [1.165, 1.54) is 0 Å². The van der Waals surface area contributed by atoms with Crippen molar-refractivity contribution in [2.75, 3.05) is 19.6 Å². The maximum atomic E-state index is 14.0. The lowest BCUT2D eigenvalue weighted by Gasteiger charge is -2.49. The standard InChI is InChI=1S/C35H35N3O3S.C2H6OS/c1-34(2)30(31(39)36-23-24-19-21-28(41-3)22-20-24)38-32(40)29(33(38)42-34)37-35(25-13-7-4-8-14-25,26-15-9-5-10-16-26)27-17-11-6-12-18-27;1-4(2)3/h4-22,29-30,33,37H,23H2,1-3H3,(H,36,39);1-2H3/t29?,30?,33-;/m1./s1. The van der Waals surface area contributed by atoms with E-state index in [1.807, 2.05) is 78.9 Å².